The van der Waals surface area contributed by atoms with Gasteiger partial charge >= 0.3 is 5.97 Å². The summed E-state index contributed by atoms with van der Waals surface area (Å²) < 4.78 is 26.5. The number of hydrogen-bond donors (Lipinski definition) is 1. The Hall–Kier alpha value is -0.620. The van der Waals surface area contributed by atoms with Crippen molar-refractivity contribution < 1.29 is 18.3 Å². The van der Waals surface area contributed by atoms with Gasteiger partial charge in [0.05, 0.1) is 11.2 Å². The van der Waals surface area contributed by atoms with Gasteiger partial charge in [0.2, 0.25) is 10.0 Å². The van der Waals surface area contributed by atoms with Gasteiger partial charge in [-0.1, -0.05) is 13.3 Å². The van der Waals surface area contributed by atoms with Crippen LogP contribution in [0.3, 0.4) is 0 Å². The smallest absolute Gasteiger partial charge is 0.307 e. The molecular weight excluding hydrogens is 254 g/mol. The van der Waals surface area contributed by atoms with Crippen molar-refractivity contribution in [2.45, 2.75) is 44.3 Å². The molecule has 2 aliphatic rings. The first-order valence-electron chi connectivity index (χ1n) is 6.64. The Labute approximate surface area is 108 Å². The lowest BCUT2D eigenvalue weighted by Gasteiger charge is -2.32. The van der Waals surface area contributed by atoms with Crippen LogP contribution in [0, 0.1) is 11.8 Å². The minimum absolute atomic E-state index is 0.490. The average molecular weight is 275 g/mol. The Bertz CT molecular complexity index is 412. The standard InChI is InChI=1S/C12H21NO4S/c1-9-5-7-13(8-6-9)18(16,17)11-4-2-3-10(11)12(14)15/h9-11H,2-8H2,1H3,(H,14,15). The molecular formula is C12H21NO4S. The Morgan fingerprint density at radius 1 is 1.17 bits per heavy atom. The van der Waals surface area contributed by atoms with Crippen molar-refractivity contribution in [1.82, 2.24) is 4.31 Å². The van der Waals surface area contributed by atoms with E-state index in [0.29, 0.717) is 38.3 Å². The number of piperidine rings is 1. The van der Waals surface area contributed by atoms with E-state index in [-0.39, 0.29) is 0 Å². The number of nitrogens with zero attached hydrogens (tertiary/aromatic N) is 1. The van der Waals surface area contributed by atoms with E-state index < -0.39 is 27.2 Å². The zero-order chi connectivity index (χ0) is 13.3. The molecule has 2 unspecified atom stereocenters. The molecule has 1 heterocycles. The van der Waals surface area contributed by atoms with Gasteiger partial charge in [-0.3, -0.25) is 4.79 Å². The topological polar surface area (TPSA) is 74.7 Å². The van der Waals surface area contributed by atoms with Crippen LogP contribution in [-0.4, -0.2) is 42.1 Å². The van der Waals surface area contributed by atoms with E-state index in [4.69, 9.17) is 5.11 Å². The Morgan fingerprint density at radius 2 is 1.78 bits per heavy atom. The van der Waals surface area contributed by atoms with E-state index in [9.17, 15) is 13.2 Å². The number of hydrogen-bond acceptors (Lipinski definition) is 3. The molecule has 2 rings (SSSR count). The molecule has 1 aliphatic carbocycles. The maximum atomic E-state index is 12.5. The Kier molecular flexibility index (Phi) is 3.96. The van der Waals surface area contributed by atoms with E-state index in [2.05, 4.69) is 6.92 Å². The van der Waals surface area contributed by atoms with Gasteiger partial charge in [0, 0.05) is 13.1 Å². The molecule has 0 bridgehead atoms. The Morgan fingerprint density at radius 3 is 2.33 bits per heavy atom. The lowest BCUT2D eigenvalue weighted by molar-refractivity contribution is -0.141. The lowest BCUT2D eigenvalue weighted by Crippen LogP contribution is -2.45. The molecule has 0 spiro atoms. The van der Waals surface area contributed by atoms with Gasteiger partial charge in [0.15, 0.2) is 0 Å². The number of sulfonamides is 1. The number of carboxylic acids is 1. The molecule has 2 atom stereocenters. The molecule has 1 saturated carbocycles. The first kappa shape index (κ1) is 13.8. The van der Waals surface area contributed by atoms with Gasteiger partial charge in [-0.15, -0.1) is 0 Å². The first-order chi connectivity index (χ1) is 8.43. The van der Waals surface area contributed by atoms with E-state index >= 15 is 0 Å². The van der Waals surface area contributed by atoms with Gasteiger partial charge in [-0.05, 0) is 31.6 Å². The fraction of sp³-hybridized carbons (Fsp3) is 0.917. The summed E-state index contributed by atoms with van der Waals surface area (Å²) in [6, 6.07) is 0. The summed E-state index contributed by atoms with van der Waals surface area (Å²) >= 11 is 0. The van der Waals surface area contributed by atoms with Crippen LogP contribution in [0.5, 0.6) is 0 Å². The molecule has 18 heavy (non-hydrogen) atoms. The maximum Gasteiger partial charge on any atom is 0.307 e. The Balaban J connectivity index is 2.13. The minimum Gasteiger partial charge on any atom is -0.481 e. The molecule has 0 aromatic carbocycles. The quantitative estimate of drug-likeness (QED) is 0.842. The maximum absolute atomic E-state index is 12.5. The summed E-state index contributed by atoms with van der Waals surface area (Å²) in [7, 11) is -3.43. The van der Waals surface area contributed by atoms with Crippen LogP contribution in [-0.2, 0) is 14.8 Å². The van der Waals surface area contributed by atoms with Crippen LogP contribution in [0.25, 0.3) is 0 Å². The zero-order valence-corrected chi connectivity index (χ0v) is 11.5. The third-order valence-corrected chi connectivity index (χ3v) is 6.67. The first-order valence-corrected chi connectivity index (χ1v) is 8.15. The van der Waals surface area contributed by atoms with Crippen LogP contribution < -0.4 is 0 Å². The minimum atomic E-state index is -3.43. The predicted molar refractivity (Wildman–Crippen MR) is 67.7 cm³/mol. The van der Waals surface area contributed by atoms with Crippen molar-refractivity contribution in [2.24, 2.45) is 11.8 Å². The molecule has 0 aromatic rings. The summed E-state index contributed by atoms with van der Waals surface area (Å²) in [6.45, 7) is 3.22. The zero-order valence-electron chi connectivity index (χ0n) is 10.7. The second-order valence-electron chi connectivity index (χ2n) is 5.54. The highest BCUT2D eigenvalue weighted by Gasteiger charge is 2.44. The molecule has 0 radical (unpaired) electrons. The molecule has 1 saturated heterocycles. The number of carbonyl (C=O) groups is 1. The average Bonchev–Trinajstić information content (AvgIpc) is 2.79. The number of carboxylic acid groups (broad SMARTS) is 1. The van der Waals surface area contributed by atoms with Gasteiger partial charge < -0.3 is 5.11 Å². The highest BCUT2D eigenvalue weighted by Crippen LogP contribution is 2.34. The van der Waals surface area contributed by atoms with Crippen LogP contribution in [0.2, 0.25) is 0 Å². The van der Waals surface area contributed by atoms with Crippen molar-refractivity contribution in [1.29, 1.82) is 0 Å². The van der Waals surface area contributed by atoms with E-state index in [1.807, 2.05) is 0 Å². The normalized spacial score (nSPS) is 31.6. The molecule has 6 heteroatoms. The summed E-state index contributed by atoms with van der Waals surface area (Å²) in [4.78, 5) is 11.1. The molecule has 1 aliphatic heterocycles. The van der Waals surface area contributed by atoms with E-state index in [0.717, 1.165) is 12.8 Å². The number of rotatable bonds is 3. The van der Waals surface area contributed by atoms with E-state index in [1.165, 1.54) is 4.31 Å². The van der Waals surface area contributed by atoms with Gasteiger partial charge in [-0.25, -0.2) is 12.7 Å². The van der Waals surface area contributed by atoms with Crippen LogP contribution >= 0.6 is 0 Å². The summed E-state index contributed by atoms with van der Waals surface area (Å²) in [6.07, 6.45) is 3.44. The predicted octanol–water partition coefficient (Wildman–Crippen LogP) is 1.30. The summed E-state index contributed by atoms with van der Waals surface area (Å²) in [5.74, 6) is -1.11. The molecule has 1 N–H and O–H groups in total. The van der Waals surface area contributed by atoms with Crippen molar-refractivity contribution >= 4 is 16.0 Å². The monoisotopic (exact) mass is 275 g/mol. The molecule has 5 nitrogen and oxygen atoms in total. The van der Waals surface area contributed by atoms with Crippen LogP contribution in [0.4, 0.5) is 0 Å². The fourth-order valence-electron chi connectivity index (χ4n) is 3.00. The largest absolute Gasteiger partial charge is 0.481 e. The van der Waals surface area contributed by atoms with Crippen molar-refractivity contribution in [3.63, 3.8) is 0 Å². The SMILES string of the molecule is CC1CCN(S(=O)(=O)C2CCCC2C(=O)O)CC1. The summed E-state index contributed by atoms with van der Waals surface area (Å²) in [5.41, 5.74) is 0. The molecule has 2 fully saturated rings. The van der Waals surface area contributed by atoms with Gasteiger partial charge in [0.25, 0.3) is 0 Å². The second-order valence-corrected chi connectivity index (χ2v) is 7.69. The molecule has 104 valence electrons. The molecule has 0 aromatic heterocycles. The van der Waals surface area contributed by atoms with Crippen molar-refractivity contribution in [3.8, 4) is 0 Å². The second kappa shape index (κ2) is 5.17. The highest BCUT2D eigenvalue weighted by molar-refractivity contribution is 7.89. The third kappa shape index (κ3) is 2.54. The van der Waals surface area contributed by atoms with Gasteiger partial charge in [-0.2, -0.15) is 0 Å². The highest BCUT2D eigenvalue weighted by atomic mass is 32.2. The molecule has 0 amide bonds. The summed E-state index contributed by atoms with van der Waals surface area (Å²) in [5, 5.41) is 8.40. The van der Waals surface area contributed by atoms with Crippen LogP contribution in [0.1, 0.15) is 39.0 Å². The van der Waals surface area contributed by atoms with Crippen LogP contribution in [0.15, 0.2) is 0 Å². The van der Waals surface area contributed by atoms with Crippen molar-refractivity contribution in [2.75, 3.05) is 13.1 Å². The van der Waals surface area contributed by atoms with E-state index in [1.54, 1.807) is 0 Å². The third-order valence-electron chi connectivity index (χ3n) is 4.25. The number of aliphatic carboxylic acids is 1. The lowest BCUT2D eigenvalue weighted by atomic mass is 10.0. The fourth-order valence-corrected chi connectivity index (χ4v) is 5.23. The van der Waals surface area contributed by atoms with Gasteiger partial charge in [0.1, 0.15) is 0 Å². The van der Waals surface area contributed by atoms with Crippen molar-refractivity contribution in [3.05, 3.63) is 0 Å².